The Morgan fingerprint density at radius 1 is 0.206 bits per heavy atom. The van der Waals surface area contributed by atoms with Crippen LogP contribution in [0, 0.1) is 124 Å². The van der Waals surface area contributed by atoms with Gasteiger partial charge in [0.25, 0.3) is 0 Å². The standard InChI is InChI=1S/2C12H22.2C11H20.C9H16.C7H12.C6H10/c1-10-8-11-4-2-5-12(9-10)7-3-6-11;1-10-5-6-11-3-2-4-12(9-10)8-7-11;1-9-2-3-10-4-6-11(8-9)7-5-10;1-9-7-10-3-2-4-11(8-9)6-5-10;1-7-5-8-3-2-4-9(7)6-8;1-5-2-6-3-7(5)4-6;1-4-5-2-6(4)3-5/h2*10-12H,2-9H2,1H3;2*9-11H,2-8H2,1H3;7-9H,2-6H2,1H3;5-7H,2-4H2,1H3;4-6H,2-3H2,1H3/t;10-,11?,12?;9-,10?,11?;;7-,8?,9?;5-,6?,7?;/m.11.11./s1/i2*10D;2*9D;7D;5D;4D. The summed E-state index contributed by atoms with van der Waals surface area (Å²) in [5, 5.41) is 0. The monoisotopic (exact) mass is 946 g/mol. The SMILES string of the molecule is [2H]C1(C)C2CC1C2.[2H]C1(C)CC2CCCC(CC2)C1.[2H]C1(C)CC2CCCC(CCC2)C1.[2H][C@@]1(C)CC2CC1C2.[2H][C@@]1(C)CC2CCCC1C2.[2H][C@@]1(C)CCC2CCC(CC2)C1.[2H][C@@]1(C)CCC2CCCC(CC2)C1. The van der Waals surface area contributed by atoms with Crippen LogP contribution in [0.15, 0.2) is 0 Å². The molecule has 394 valence electrons. The molecule has 0 spiro atoms. The molecule has 0 nitrogen and oxygen atoms in total. The molecular weight excluding hydrogens is 817 g/mol. The first-order valence-corrected chi connectivity index (χ1v) is 31.7. The van der Waals surface area contributed by atoms with Crippen molar-refractivity contribution in [1.82, 2.24) is 0 Å². The lowest BCUT2D eigenvalue weighted by atomic mass is 9.49. The lowest BCUT2D eigenvalue weighted by Crippen LogP contribution is -2.48. The van der Waals surface area contributed by atoms with E-state index in [0.717, 1.165) is 95.7 Å². The lowest BCUT2D eigenvalue weighted by Gasteiger charge is -2.56. The second kappa shape index (κ2) is 27.5. The van der Waals surface area contributed by atoms with E-state index in [-0.39, 0.29) is 41.3 Å². The summed E-state index contributed by atoms with van der Waals surface area (Å²) in [6.07, 6.45) is 53.8. The molecule has 18 rings (SSSR count). The molecule has 0 heterocycles. The minimum absolute atomic E-state index is 0.0231. The first-order chi connectivity index (χ1) is 35.2. The second-order valence-electron chi connectivity index (χ2n) is 28.6. The highest BCUT2D eigenvalue weighted by Gasteiger charge is 2.49. The van der Waals surface area contributed by atoms with Gasteiger partial charge < -0.3 is 0 Å². The molecule has 10 atom stereocenters. The van der Waals surface area contributed by atoms with Gasteiger partial charge >= 0.3 is 0 Å². The Morgan fingerprint density at radius 2 is 0.485 bits per heavy atom. The van der Waals surface area contributed by atoms with Crippen LogP contribution in [-0.2, 0) is 0 Å². The Labute approximate surface area is 437 Å². The zero-order valence-electron chi connectivity index (χ0n) is 53.9. The molecule has 0 aromatic rings. The molecule has 18 aliphatic rings. The lowest BCUT2D eigenvalue weighted by molar-refractivity contribution is -0.0673. The zero-order valence-corrected chi connectivity index (χ0v) is 46.9. The molecule has 6 unspecified atom stereocenters. The molecule has 0 aromatic carbocycles. The molecule has 68 heavy (non-hydrogen) atoms. The molecule has 18 aliphatic carbocycles. The Morgan fingerprint density at radius 3 is 0.824 bits per heavy atom. The quantitative estimate of drug-likeness (QED) is 0.227. The fraction of sp³-hybridized carbons (Fsp3) is 1.00. The average molecular weight is 947 g/mol. The molecule has 18 saturated carbocycles. The maximum absolute atomic E-state index is 8.26. The van der Waals surface area contributed by atoms with E-state index < -0.39 is 0 Å². The zero-order chi connectivity index (χ0) is 53.9. The number of hydrogen-bond donors (Lipinski definition) is 0. The van der Waals surface area contributed by atoms with E-state index in [1.54, 1.807) is 0 Å². The Balaban J connectivity index is 0.000000117. The topological polar surface area (TPSA) is 0 Å². The van der Waals surface area contributed by atoms with Crippen molar-refractivity contribution in [3.05, 3.63) is 0 Å². The molecule has 0 aliphatic heterocycles. The van der Waals surface area contributed by atoms with Gasteiger partial charge in [0.05, 0.1) is 0 Å². The van der Waals surface area contributed by atoms with Gasteiger partial charge in [0, 0.05) is 9.60 Å². The molecule has 0 heteroatoms. The van der Waals surface area contributed by atoms with Crippen LogP contribution in [0.1, 0.15) is 315 Å². The van der Waals surface area contributed by atoms with Gasteiger partial charge in [-0.05, 0) is 208 Å². The third-order valence-electron chi connectivity index (χ3n) is 22.7. The van der Waals surface area contributed by atoms with Gasteiger partial charge in [0.1, 0.15) is 0 Å². The van der Waals surface area contributed by atoms with Crippen molar-refractivity contribution in [2.75, 3.05) is 0 Å². The summed E-state index contributed by atoms with van der Waals surface area (Å²) >= 11 is 0. The summed E-state index contributed by atoms with van der Waals surface area (Å²) in [5.74, 6) is 11.8. The van der Waals surface area contributed by atoms with Crippen molar-refractivity contribution in [2.45, 2.75) is 305 Å². The van der Waals surface area contributed by atoms with Crippen LogP contribution >= 0.6 is 0 Å². The number of rotatable bonds is 0. The van der Waals surface area contributed by atoms with Gasteiger partial charge in [-0.2, -0.15) is 0 Å². The van der Waals surface area contributed by atoms with Crippen LogP contribution in [0.4, 0.5) is 0 Å². The third kappa shape index (κ3) is 17.0. The molecule has 0 radical (unpaired) electrons. The van der Waals surface area contributed by atoms with E-state index in [1.807, 2.05) is 0 Å². The highest BCUT2D eigenvalue weighted by molar-refractivity contribution is 4.99. The fourth-order valence-electron chi connectivity index (χ4n) is 17.7. The van der Waals surface area contributed by atoms with Crippen LogP contribution in [0.5, 0.6) is 0 Å². The number of hydrogen-bond acceptors (Lipinski definition) is 0. The van der Waals surface area contributed by atoms with E-state index in [9.17, 15) is 0 Å². The van der Waals surface area contributed by atoms with E-state index in [0.29, 0.717) is 0 Å². The maximum Gasteiger partial charge on any atom is 0.0306 e. The molecule has 18 fully saturated rings. The molecule has 0 N–H and O–H groups in total. The van der Waals surface area contributed by atoms with Crippen molar-refractivity contribution in [1.29, 1.82) is 0 Å². The summed E-state index contributed by atoms with van der Waals surface area (Å²) in [5.41, 5.74) is 0. The van der Waals surface area contributed by atoms with Crippen LogP contribution in [0.25, 0.3) is 0 Å². The smallest absolute Gasteiger partial charge is 0.0306 e. The average Bonchev–Trinajstić information content (AvgIpc) is 3.56. The van der Waals surface area contributed by atoms with Crippen molar-refractivity contribution >= 4 is 0 Å². The predicted octanol–water partition coefficient (Wildman–Crippen LogP) is 21.8. The van der Waals surface area contributed by atoms with Crippen molar-refractivity contribution in [3.63, 3.8) is 0 Å². The highest BCUT2D eigenvalue weighted by atomic mass is 14.5. The predicted molar refractivity (Wildman–Crippen MR) is 298 cm³/mol. The largest absolute Gasteiger partial charge is 0.0625 e. The van der Waals surface area contributed by atoms with E-state index >= 15 is 0 Å². The molecular formula is C68H122. The molecule has 14 bridgehead atoms. The summed E-state index contributed by atoms with van der Waals surface area (Å²) in [7, 11) is 0. The summed E-state index contributed by atoms with van der Waals surface area (Å²) < 4.78 is 56.0. The third-order valence-corrected chi connectivity index (χ3v) is 22.7. The van der Waals surface area contributed by atoms with Gasteiger partial charge in [-0.15, -0.1) is 0 Å². The van der Waals surface area contributed by atoms with Crippen molar-refractivity contribution < 1.29 is 9.60 Å². The minimum atomic E-state index is -0.103. The molecule has 0 aromatic heterocycles. The Kier molecular flexibility index (Phi) is 18.4. The second-order valence-corrected chi connectivity index (χ2v) is 28.6. The summed E-state index contributed by atoms with van der Waals surface area (Å²) in [4.78, 5) is 0. The van der Waals surface area contributed by atoms with Crippen LogP contribution in [0.2, 0.25) is 0 Å². The van der Waals surface area contributed by atoms with Gasteiger partial charge in [0.2, 0.25) is 0 Å². The normalized spacial score (nSPS) is 56.8. The summed E-state index contributed by atoms with van der Waals surface area (Å²) in [6, 6.07) is 0. The van der Waals surface area contributed by atoms with Crippen molar-refractivity contribution in [3.8, 4) is 0 Å². The first-order valence-electron chi connectivity index (χ1n) is 35.2. The van der Waals surface area contributed by atoms with Crippen molar-refractivity contribution in [2.24, 2.45) is 124 Å². The first kappa shape index (κ1) is 45.4. The van der Waals surface area contributed by atoms with E-state index in [1.165, 1.54) is 244 Å². The van der Waals surface area contributed by atoms with Crippen LogP contribution < -0.4 is 0 Å². The highest BCUT2D eigenvalue weighted by Crippen LogP contribution is 2.58. The Hall–Kier alpha value is 0. The fourth-order valence-corrected chi connectivity index (χ4v) is 17.7. The van der Waals surface area contributed by atoms with Gasteiger partial charge in [-0.3, -0.25) is 0 Å². The van der Waals surface area contributed by atoms with Crippen LogP contribution in [0.3, 0.4) is 0 Å². The maximum atomic E-state index is 8.26. The summed E-state index contributed by atoms with van der Waals surface area (Å²) in [6.45, 7) is 14.9. The molecule has 0 amide bonds. The van der Waals surface area contributed by atoms with Crippen LogP contribution in [-0.4, -0.2) is 0 Å². The Bertz CT molecular complexity index is 1650. The van der Waals surface area contributed by atoms with E-state index in [4.69, 9.17) is 9.60 Å². The molecule has 0 saturated heterocycles. The van der Waals surface area contributed by atoms with E-state index in [2.05, 4.69) is 48.5 Å². The minimum Gasteiger partial charge on any atom is -0.0625 e. The van der Waals surface area contributed by atoms with Gasteiger partial charge in [-0.25, -0.2) is 0 Å². The van der Waals surface area contributed by atoms with Gasteiger partial charge in [0.15, 0.2) is 0 Å². The van der Waals surface area contributed by atoms with Gasteiger partial charge in [-0.1, -0.05) is 222 Å². The number of fused-ring (bicyclic) bond motifs is 20.